The van der Waals surface area contributed by atoms with Gasteiger partial charge in [-0.05, 0) is 32.6 Å². The summed E-state index contributed by atoms with van der Waals surface area (Å²) in [6, 6.07) is -0.0817. The van der Waals surface area contributed by atoms with Gasteiger partial charge in [0.05, 0.1) is 0 Å². The number of hydrogen-bond donors (Lipinski definition) is 2. The minimum absolute atomic E-state index is 0.0817. The van der Waals surface area contributed by atoms with Crippen molar-refractivity contribution >= 4 is 6.03 Å². The molecule has 0 rings (SSSR count). The molecule has 0 aliphatic carbocycles. The third-order valence-corrected chi connectivity index (χ3v) is 1.65. The molecule has 0 aromatic carbocycles. The number of carbonyl (C=O) groups excluding carboxylic acids is 1. The Morgan fingerprint density at radius 1 is 1.07 bits per heavy atom. The monoisotopic (exact) mass is 200 g/mol. The molecule has 0 aliphatic heterocycles. The number of rotatable bonds is 2. The zero-order valence-electron chi connectivity index (χ0n) is 10.3. The molecule has 0 saturated carbocycles. The fourth-order valence-electron chi connectivity index (χ4n) is 0.936. The van der Waals surface area contributed by atoms with Gasteiger partial charge in [-0.3, -0.25) is 0 Å². The zero-order valence-corrected chi connectivity index (χ0v) is 10.3. The van der Waals surface area contributed by atoms with Crippen LogP contribution in [0.25, 0.3) is 0 Å². The lowest BCUT2D eigenvalue weighted by Crippen LogP contribution is -2.46. The van der Waals surface area contributed by atoms with Gasteiger partial charge in [0.2, 0.25) is 0 Å². The third-order valence-electron chi connectivity index (χ3n) is 1.65. The van der Waals surface area contributed by atoms with Gasteiger partial charge in [0.25, 0.3) is 0 Å². The number of carbonyl (C=O) groups is 1. The van der Waals surface area contributed by atoms with Crippen LogP contribution in [0.15, 0.2) is 0 Å². The van der Waals surface area contributed by atoms with Gasteiger partial charge in [-0.15, -0.1) is 0 Å². The van der Waals surface area contributed by atoms with Crippen molar-refractivity contribution in [2.45, 2.75) is 53.5 Å². The topological polar surface area (TPSA) is 41.1 Å². The maximum atomic E-state index is 11.3. The van der Waals surface area contributed by atoms with Crippen molar-refractivity contribution in [3.05, 3.63) is 0 Å². The second-order valence-corrected chi connectivity index (χ2v) is 5.94. The average molecular weight is 200 g/mol. The van der Waals surface area contributed by atoms with Crippen molar-refractivity contribution in [3.63, 3.8) is 0 Å². The lowest BCUT2D eigenvalue weighted by atomic mass is 9.92. The van der Waals surface area contributed by atoms with Crippen molar-refractivity contribution in [3.8, 4) is 0 Å². The third kappa shape index (κ3) is 9.36. The SMILES string of the molecule is CC(C)(C)CCNC(=O)NC(C)(C)C. The first-order valence-electron chi connectivity index (χ1n) is 5.16. The number of hydrogen-bond acceptors (Lipinski definition) is 1. The molecule has 0 aromatic heterocycles. The highest BCUT2D eigenvalue weighted by Crippen LogP contribution is 2.16. The van der Waals surface area contributed by atoms with Crippen LogP contribution in [0.2, 0.25) is 0 Å². The van der Waals surface area contributed by atoms with Crippen LogP contribution in [0.5, 0.6) is 0 Å². The number of urea groups is 1. The number of amides is 2. The summed E-state index contributed by atoms with van der Waals surface area (Å²) >= 11 is 0. The highest BCUT2D eigenvalue weighted by atomic mass is 16.2. The van der Waals surface area contributed by atoms with Gasteiger partial charge < -0.3 is 10.6 Å². The molecule has 0 unspecified atom stereocenters. The Kier molecular flexibility index (Phi) is 4.43. The van der Waals surface area contributed by atoms with Gasteiger partial charge in [-0.1, -0.05) is 20.8 Å². The largest absolute Gasteiger partial charge is 0.338 e. The van der Waals surface area contributed by atoms with E-state index in [1.807, 2.05) is 20.8 Å². The molecule has 2 N–H and O–H groups in total. The first-order valence-corrected chi connectivity index (χ1v) is 5.16. The number of nitrogens with one attached hydrogen (secondary N) is 2. The molecule has 3 nitrogen and oxygen atoms in total. The van der Waals surface area contributed by atoms with E-state index in [0.29, 0.717) is 0 Å². The van der Waals surface area contributed by atoms with Crippen LogP contribution in [-0.2, 0) is 0 Å². The highest BCUT2D eigenvalue weighted by Gasteiger charge is 2.14. The van der Waals surface area contributed by atoms with E-state index in [0.717, 1.165) is 13.0 Å². The molecule has 3 heteroatoms. The standard InChI is InChI=1S/C11H24N2O/c1-10(2,3)7-8-12-9(14)13-11(4,5)6/h7-8H2,1-6H3,(H2,12,13,14). The maximum Gasteiger partial charge on any atom is 0.315 e. The molecule has 0 bridgehead atoms. The maximum absolute atomic E-state index is 11.3. The minimum Gasteiger partial charge on any atom is -0.338 e. The van der Waals surface area contributed by atoms with E-state index < -0.39 is 0 Å². The molecular weight excluding hydrogens is 176 g/mol. The molecule has 0 radical (unpaired) electrons. The summed E-state index contributed by atoms with van der Waals surface area (Å²) in [6.45, 7) is 13.1. The first kappa shape index (κ1) is 13.3. The molecule has 0 fully saturated rings. The molecule has 0 saturated heterocycles. The van der Waals surface area contributed by atoms with Crippen LogP contribution >= 0.6 is 0 Å². The molecule has 0 atom stereocenters. The zero-order chi connectivity index (χ0) is 11.4. The summed E-state index contributed by atoms with van der Waals surface area (Å²) in [5.74, 6) is 0. The summed E-state index contributed by atoms with van der Waals surface area (Å²) in [4.78, 5) is 11.3. The Balaban J connectivity index is 3.66. The second kappa shape index (κ2) is 4.67. The van der Waals surface area contributed by atoms with E-state index in [1.165, 1.54) is 0 Å². The van der Waals surface area contributed by atoms with E-state index >= 15 is 0 Å². The second-order valence-electron chi connectivity index (χ2n) is 5.94. The highest BCUT2D eigenvalue weighted by molar-refractivity contribution is 5.74. The molecule has 14 heavy (non-hydrogen) atoms. The van der Waals surface area contributed by atoms with Gasteiger partial charge in [0.1, 0.15) is 0 Å². The van der Waals surface area contributed by atoms with E-state index in [9.17, 15) is 4.79 Å². The molecule has 0 aromatic rings. The predicted molar refractivity (Wildman–Crippen MR) is 60.4 cm³/mol. The first-order chi connectivity index (χ1) is 6.10. The van der Waals surface area contributed by atoms with E-state index in [-0.39, 0.29) is 17.0 Å². The summed E-state index contributed by atoms with van der Waals surface area (Å²) in [5, 5.41) is 5.70. The lowest BCUT2D eigenvalue weighted by Gasteiger charge is -2.22. The summed E-state index contributed by atoms with van der Waals surface area (Å²) in [5.41, 5.74) is 0.112. The quantitative estimate of drug-likeness (QED) is 0.706. The van der Waals surface area contributed by atoms with Crippen molar-refractivity contribution in [2.24, 2.45) is 5.41 Å². The molecule has 0 aliphatic rings. The lowest BCUT2D eigenvalue weighted by molar-refractivity contribution is 0.230. The fraction of sp³-hybridized carbons (Fsp3) is 0.909. The molecule has 84 valence electrons. The van der Waals surface area contributed by atoms with E-state index in [4.69, 9.17) is 0 Å². The van der Waals surface area contributed by atoms with Gasteiger partial charge in [-0.25, -0.2) is 4.79 Å². The Morgan fingerprint density at radius 2 is 1.57 bits per heavy atom. The summed E-state index contributed by atoms with van der Waals surface area (Å²) in [6.07, 6.45) is 0.991. The van der Waals surface area contributed by atoms with Crippen LogP contribution in [0, 0.1) is 5.41 Å². The smallest absolute Gasteiger partial charge is 0.315 e. The van der Waals surface area contributed by atoms with Gasteiger partial charge in [0, 0.05) is 12.1 Å². The van der Waals surface area contributed by atoms with Crippen LogP contribution in [0.1, 0.15) is 48.0 Å². The Morgan fingerprint density at radius 3 is 1.93 bits per heavy atom. The van der Waals surface area contributed by atoms with Gasteiger partial charge in [-0.2, -0.15) is 0 Å². The predicted octanol–water partition coefficient (Wildman–Crippen LogP) is 2.52. The van der Waals surface area contributed by atoms with Crippen LogP contribution in [0.3, 0.4) is 0 Å². The van der Waals surface area contributed by atoms with Crippen LogP contribution < -0.4 is 10.6 Å². The molecule has 0 heterocycles. The van der Waals surface area contributed by atoms with Crippen LogP contribution in [0.4, 0.5) is 4.79 Å². The van der Waals surface area contributed by atoms with E-state index in [1.54, 1.807) is 0 Å². The Labute approximate surface area is 87.6 Å². The van der Waals surface area contributed by atoms with Crippen molar-refractivity contribution in [1.29, 1.82) is 0 Å². The fourth-order valence-corrected chi connectivity index (χ4v) is 0.936. The Bertz CT molecular complexity index is 186. The normalized spacial score (nSPS) is 12.4. The minimum atomic E-state index is -0.161. The summed E-state index contributed by atoms with van der Waals surface area (Å²) < 4.78 is 0. The van der Waals surface area contributed by atoms with Crippen molar-refractivity contribution in [2.75, 3.05) is 6.54 Å². The molecular formula is C11H24N2O. The Hall–Kier alpha value is -0.730. The molecule has 0 spiro atoms. The summed E-state index contributed by atoms with van der Waals surface area (Å²) in [7, 11) is 0. The van der Waals surface area contributed by atoms with Crippen molar-refractivity contribution in [1.82, 2.24) is 10.6 Å². The van der Waals surface area contributed by atoms with Crippen molar-refractivity contribution < 1.29 is 4.79 Å². The molecule has 2 amide bonds. The van der Waals surface area contributed by atoms with Gasteiger partial charge in [0.15, 0.2) is 0 Å². The average Bonchev–Trinajstić information content (AvgIpc) is 1.78. The van der Waals surface area contributed by atoms with E-state index in [2.05, 4.69) is 31.4 Å². The van der Waals surface area contributed by atoms with Gasteiger partial charge >= 0.3 is 6.03 Å². The van der Waals surface area contributed by atoms with Crippen LogP contribution in [-0.4, -0.2) is 18.1 Å².